The van der Waals surface area contributed by atoms with Crippen molar-refractivity contribution < 1.29 is 9.26 Å². The van der Waals surface area contributed by atoms with Crippen molar-refractivity contribution in [1.82, 2.24) is 25.7 Å². The number of hydrogen-bond donors (Lipinski definition) is 2. The Balaban J connectivity index is 1.41. The monoisotopic (exact) mass is 367 g/mol. The van der Waals surface area contributed by atoms with Crippen LogP contribution in [0.1, 0.15) is 61.8 Å². The molecule has 7 heteroatoms. The van der Waals surface area contributed by atoms with E-state index in [1.807, 2.05) is 37.4 Å². The number of hydrogen-bond acceptors (Lipinski definition) is 6. The molecule has 1 unspecified atom stereocenters. The second-order valence-electron chi connectivity index (χ2n) is 7.07. The summed E-state index contributed by atoms with van der Waals surface area (Å²) < 4.78 is 10.7. The highest BCUT2D eigenvalue weighted by molar-refractivity contribution is 5.63. The molecule has 1 saturated carbocycles. The first-order valence-corrected chi connectivity index (χ1v) is 9.48. The number of H-pyrrole nitrogens is 1. The molecule has 1 atom stereocenters. The molecule has 1 aliphatic carbocycles. The molecule has 2 heterocycles. The minimum Gasteiger partial charge on any atom is -0.497 e. The van der Waals surface area contributed by atoms with Gasteiger partial charge < -0.3 is 14.6 Å². The van der Waals surface area contributed by atoms with Gasteiger partial charge in [-0.05, 0) is 44.0 Å². The lowest BCUT2D eigenvalue weighted by Crippen LogP contribution is -2.18. The van der Waals surface area contributed by atoms with Crippen molar-refractivity contribution in [3.63, 3.8) is 0 Å². The SMILES string of the molecule is COc1ccc(-c2[nH]ncc2CNC(C)c2nc(C3CCCC3)no2)cc1. The van der Waals surface area contributed by atoms with Gasteiger partial charge in [-0.2, -0.15) is 10.1 Å². The fourth-order valence-electron chi connectivity index (χ4n) is 3.58. The maximum absolute atomic E-state index is 5.49. The van der Waals surface area contributed by atoms with Crippen molar-refractivity contribution >= 4 is 0 Å². The van der Waals surface area contributed by atoms with E-state index in [-0.39, 0.29) is 6.04 Å². The Kier molecular flexibility index (Phi) is 5.20. The second kappa shape index (κ2) is 7.92. The molecule has 0 bridgehead atoms. The van der Waals surface area contributed by atoms with Gasteiger partial charge in [0.05, 0.1) is 25.0 Å². The van der Waals surface area contributed by atoms with Crippen molar-refractivity contribution in [3.05, 3.63) is 47.7 Å². The van der Waals surface area contributed by atoms with E-state index in [4.69, 9.17) is 9.26 Å². The van der Waals surface area contributed by atoms with Crippen LogP contribution in [0.4, 0.5) is 0 Å². The van der Waals surface area contributed by atoms with Crippen molar-refractivity contribution in [2.24, 2.45) is 0 Å². The van der Waals surface area contributed by atoms with Gasteiger partial charge in [-0.15, -0.1) is 0 Å². The summed E-state index contributed by atoms with van der Waals surface area (Å²) in [6, 6.07) is 7.90. The van der Waals surface area contributed by atoms with Gasteiger partial charge in [0, 0.05) is 23.6 Å². The van der Waals surface area contributed by atoms with Crippen LogP contribution in [0.15, 0.2) is 35.0 Å². The van der Waals surface area contributed by atoms with Crippen LogP contribution in [0.5, 0.6) is 5.75 Å². The summed E-state index contributed by atoms with van der Waals surface area (Å²) in [7, 11) is 1.66. The molecule has 2 N–H and O–H groups in total. The van der Waals surface area contributed by atoms with Crippen molar-refractivity contribution in [2.75, 3.05) is 7.11 Å². The Bertz CT molecular complexity index is 865. The molecule has 3 aromatic rings. The number of ether oxygens (including phenoxy) is 1. The molecule has 1 aliphatic rings. The number of aromatic amines is 1. The molecule has 7 nitrogen and oxygen atoms in total. The molecule has 0 amide bonds. The first-order valence-electron chi connectivity index (χ1n) is 9.48. The second-order valence-corrected chi connectivity index (χ2v) is 7.07. The van der Waals surface area contributed by atoms with Crippen LogP contribution in [-0.2, 0) is 6.54 Å². The van der Waals surface area contributed by atoms with E-state index in [0.717, 1.165) is 28.4 Å². The Morgan fingerprint density at radius 1 is 1.26 bits per heavy atom. The summed E-state index contributed by atoms with van der Waals surface area (Å²) in [5.41, 5.74) is 3.15. The molecular formula is C20H25N5O2. The highest BCUT2D eigenvalue weighted by atomic mass is 16.5. The Morgan fingerprint density at radius 3 is 2.78 bits per heavy atom. The normalized spacial score (nSPS) is 15.9. The fraction of sp³-hybridized carbons (Fsp3) is 0.450. The maximum atomic E-state index is 5.49. The van der Waals surface area contributed by atoms with E-state index in [1.54, 1.807) is 7.11 Å². The molecule has 0 saturated heterocycles. The summed E-state index contributed by atoms with van der Waals surface area (Å²) in [4.78, 5) is 4.61. The maximum Gasteiger partial charge on any atom is 0.243 e. The lowest BCUT2D eigenvalue weighted by molar-refractivity contribution is 0.334. The van der Waals surface area contributed by atoms with E-state index < -0.39 is 0 Å². The Hall–Kier alpha value is -2.67. The van der Waals surface area contributed by atoms with Crippen LogP contribution < -0.4 is 10.1 Å². The molecular weight excluding hydrogens is 342 g/mol. The average Bonchev–Trinajstić information content (AvgIpc) is 3.47. The van der Waals surface area contributed by atoms with Crippen LogP contribution in [0.3, 0.4) is 0 Å². The molecule has 1 aromatic carbocycles. The topological polar surface area (TPSA) is 88.9 Å². The number of nitrogens with one attached hydrogen (secondary N) is 2. The molecule has 4 rings (SSSR count). The van der Waals surface area contributed by atoms with Crippen LogP contribution in [0, 0.1) is 0 Å². The smallest absolute Gasteiger partial charge is 0.243 e. The molecule has 0 aliphatic heterocycles. The van der Waals surface area contributed by atoms with Crippen molar-refractivity contribution in [3.8, 4) is 17.0 Å². The quantitative estimate of drug-likeness (QED) is 0.657. The number of benzene rings is 1. The van der Waals surface area contributed by atoms with E-state index in [0.29, 0.717) is 18.4 Å². The van der Waals surface area contributed by atoms with Gasteiger partial charge in [0.15, 0.2) is 5.82 Å². The van der Waals surface area contributed by atoms with Gasteiger partial charge in [0.1, 0.15) is 5.75 Å². The minimum absolute atomic E-state index is 0.0220. The number of aromatic nitrogens is 4. The summed E-state index contributed by atoms with van der Waals surface area (Å²) in [5.74, 6) is 2.80. The van der Waals surface area contributed by atoms with Gasteiger partial charge >= 0.3 is 0 Å². The molecule has 142 valence electrons. The van der Waals surface area contributed by atoms with E-state index in [2.05, 4.69) is 25.7 Å². The molecule has 0 spiro atoms. The highest BCUT2D eigenvalue weighted by Gasteiger charge is 2.24. The van der Waals surface area contributed by atoms with E-state index in [9.17, 15) is 0 Å². The third-order valence-electron chi connectivity index (χ3n) is 5.24. The van der Waals surface area contributed by atoms with E-state index in [1.165, 1.54) is 25.7 Å². The zero-order chi connectivity index (χ0) is 18.6. The largest absolute Gasteiger partial charge is 0.497 e. The number of rotatable bonds is 7. The number of methoxy groups -OCH3 is 1. The molecule has 1 fully saturated rings. The van der Waals surface area contributed by atoms with Gasteiger partial charge in [-0.1, -0.05) is 18.0 Å². The summed E-state index contributed by atoms with van der Waals surface area (Å²) in [5, 5.41) is 14.9. The predicted octanol–water partition coefficient (Wildman–Crippen LogP) is 3.98. The predicted molar refractivity (Wildman–Crippen MR) is 101 cm³/mol. The lowest BCUT2D eigenvalue weighted by atomic mass is 10.1. The average molecular weight is 367 g/mol. The molecule has 2 aromatic heterocycles. The summed E-state index contributed by atoms with van der Waals surface area (Å²) >= 11 is 0. The van der Waals surface area contributed by atoms with Gasteiger partial charge in [-0.25, -0.2) is 0 Å². The zero-order valence-corrected chi connectivity index (χ0v) is 15.7. The third-order valence-corrected chi connectivity index (χ3v) is 5.24. The lowest BCUT2D eigenvalue weighted by Gasteiger charge is -2.10. The molecule has 0 radical (unpaired) electrons. The van der Waals surface area contributed by atoms with Crippen molar-refractivity contribution in [1.29, 1.82) is 0 Å². The van der Waals surface area contributed by atoms with Crippen LogP contribution in [0.25, 0.3) is 11.3 Å². The summed E-state index contributed by atoms with van der Waals surface area (Å²) in [6.07, 6.45) is 6.70. The number of nitrogens with zero attached hydrogens (tertiary/aromatic N) is 3. The minimum atomic E-state index is -0.0220. The Labute approximate surface area is 158 Å². The van der Waals surface area contributed by atoms with Crippen molar-refractivity contribution in [2.45, 2.75) is 51.1 Å². The van der Waals surface area contributed by atoms with Crippen LogP contribution >= 0.6 is 0 Å². The van der Waals surface area contributed by atoms with Crippen LogP contribution in [0.2, 0.25) is 0 Å². The van der Waals surface area contributed by atoms with Crippen LogP contribution in [-0.4, -0.2) is 27.4 Å². The molecule has 27 heavy (non-hydrogen) atoms. The first-order chi connectivity index (χ1) is 13.2. The summed E-state index contributed by atoms with van der Waals surface area (Å²) in [6.45, 7) is 2.69. The third kappa shape index (κ3) is 3.88. The van der Waals surface area contributed by atoms with Gasteiger partial charge in [0.25, 0.3) is 0 Å². The first kappa shape index (κ1) is 17.7. The van der Waals surface area contributed by atoms with Gasteiger partial charge in [-0.3, -0.25) is 5.10 Å². The standard InChI is InChI=1S/C20H25N5O2/c1-13(20-23-19(25-27-20)15-5-3-4-6-15)21-11-16-12-22-24-18(16)14-7-9-17(26-2)10-8-14/h7-10,12-13,15,21H,3-6,11H2,1-2H3,(H,22,24). The highest BCUT2D eigenvalue weighted by Crippen LogP contribution is 2.32. The van der Waals surface area contributed by atoms with E-state index >= 15 is 0 Å². The fourth-order valence-corrected chi connectivity index (χ4v) is 3.58. The van der Waals surface area contributed by atoms with Gasteiger partial charge in [0.2, 0.25) is 5.89 Å². The Morgan fingerprint density at radius 2 is 2.04 bits per heavy atom. The zero-order valence-electron chi connectivity index (χ0n) is 15.7.